The first kappa shape index (κ1) is 12.7. The summed E-state index contributed by atoms with van der Waals surface area (Å²) in [5, 5.41) is 0. The van der Waals surface area contributed by atoms with Crippen molar-refractivity contribution >= 4 is 0 Å². The highest BCUT2D eigenvalue weighted by Crippen LogP contribution is 2.28. The van der Waals surface area contributed by atoms with Crippen molar-refractivity contribution in [2.24, 2.45) is 23.7 Å². The zero-order valence-corrected chi connectivity index (χ0v) is 10.2. The summed E-state index contributed by atoms with van der Waals surface area (Å²) < 4.78 is 0. The molecule has 0 heteroatoms. The van der Waals surface area contributed by atoms with Gasteiger partial charge in [-0.1, -0.05) is 53.7 Å². The van der Waals surface area contributed by atoms with Gasteiger partial charge in [-0.2, -0.15) is 0 Å². The summed E-state index contributed by atoms with van der Waals surface area (Å²) in [7, 11) is 0. The van der Waals surface area contributed by atoms with Crippen molar-refractivity contribution in [2.45, 2.75) is 48.0 Å². The fourth-order valence-electron chi connectivity index (χ4n) is 1.66. The Labute approximate surface area is 84.4 Å². The van der Waals surface area contributed by atoms with Gasteiger partial charge in [0.1, 0.15) is 0 Å². The molecule has 78 valence electrons. The summed E-state index contributed by atoms with van der Waals surface area (Å²) in [4.78, 5) is 0. The van der Waals surface area contributed by atoms with Crippen molar-refractivity contribution in [3.05, 3.63) is 12.2 Å². The van der Waals surface area contributed by atoms with E-state index in [4.69, 9.17) is 0 Å². The van der Waals surface area contributed by atoms with Crippen LogP contribution >= 0.6 is 0 Å². The molecule has 0 saturated heterocycles. The minimum Gasteiger partial charge on any atom is -0.0996 e. The molecule has 0 radical (unpaired) electrons. The van der Waals surface area contributed by atoms with E-state index >= 15 is 0 Å². The summed E-state index contributed by atoms with van der Waals surface area (Å²) in [5.74, 6) is 2.93. The molecular weight excluding hydrogens is 156 g/mol. The molecule has 0 N–H and O–H groups in total. The third kappa shape index (κ3) is 4.50. The molecular formula is C13H26. The van der Waals surface area contributed by atoms with Gasteiger partial charge in [0.15, 0.2) is 0 Å². The number of hydrogen-bond donors (Lipinski definition) is 0. The summed E-state index contributed by atoms with van der Waals surface area (Å²) in [6.45, 7) is 18.0. The Morgan fingerprint density at radius 2 is 1.46 bits per heavy atom. The standard InChI is InChI=1S/C13H26/c1-9(2)8-11(5)13(7)12(6)10(3)4/h9-10,12-13H,5,8H2,1-4,6-7H3. The Morgan fingerprint density at radius 1 is 1.00 bits per heavy atom. The van der Waals surface area contributed by atoms with Gasteiger partial charge in [-0.25, -0.2) is 0 Å². The molecule has 0 aromatic rings. The fourth-order valence-corrected chi connectivity index (χ4v) is 1.66. The van der Waals surface area contributed by atoms with Gasteiger partial charge < -0.3 is 0 Å². The zero-order chi connectivity index (χ0) is 10.6. The second-order valence-corrected chi connectivity index (χ2v) is 5.15. The molecule has 0 heterocycles. The van der Waals surface area contributed by atoms with Gasteiger partial charge in [-0.05, 0) is 30.1 Å². The second-order valence-electron chi connectivity index (χ2n) is 5.15. The molecule has 13 heavy (non-hydrogen) atoms. The number of allylic oxidation sites excluding steroid dienone is 1. The summed E-state index contributed by atoms with van der Waals surface area (Å²) in [6.07, 6.45) is 1.18. The van der Waals surface area contributed by atoms with Crippen LogP contribution in [0.4, 0.5) is 0 Å². The van der Waals surface area contributed by atoms with E-state index in [9.17, 15) is 0 Å². The fraction of sp³-hybridized carbons (Fsp3) is 0.846. The van der Waals surface area contributed by atoms with Crippen molar-refractivity contribution in [1.82, 2.24) is 0 Å². The highest BCUT2D eigenvalue weighted by Gasteiger charge is 2.18. The van der Waals surface area contributed by atoms with Crippen LogP contribution in [0.1, 0.15) is 48.0 Å². The number of hydrogen-bond acceptors (Lipinski definition) is 0. The molecule has 2 atom stereocenters. The molecule has 0 aromatic carbocycles. The quantitative estimate of drug-likeness (QED) is 0.548. The lowest BCUT2D eigenvalue weighted by Gasteiger charge is -2.26. The van der Waals surface area contributed by atoms with Crippen molar-refractivity contribution in [3.8, 4) is 0 Å². The lowest BCUT2D eigenvalue weighted by Crippen LogP contribution is -2.16. The summed E-state index contributed by atoms with van der Waals surface area (Å²) in [6, 6.07) is 0. The van der Waals surface area contributed by atoms with Crippen LogP contribution in [-0.2, 0) is 0 Å². The Morgan fingerprint density at radius 3 is 1.77 bits per heavy atom. The Balaban J connectivity index is 4.09. The molecule has 0 bridgehead atoms. The van der Waals surface area contributed by atoms with E-state index in [0.717, 1.165) is 17.8 Å². The lowest BCUT2D eigenvalue weighted by atomic mass is 9.80. The molecule has 0 fully saturated rings. The van der Waals surface area contributed by atoms with Gasteiger partial charge in [0, 0.05) is 0 Å². The van der Waals surface area contributed by atoms with Crippen LogP contribution in [0.15, 0.2) is 12.2 Å². The first-order valence-corrected chi connectivity index (χ1v) is 5.53. The first-order chi connectivity index (χ1) is 5.86. The topological polar surface area (TPSA) is 0 Å². The highest BCUT2D eigenvalue weighted by atomic mass is 14.2. The van der Waals surface area contributed by atoms with Gasteiger partial charge in [0.2, 0.25) is 0 Å². The van der Waals surface area contributed by atoms with Crippen LogP contribution < -0.4 is 0 Å². The molecule has 0 aromatic heterocycles. The van der Waals surface area contributed by atoms with Crippen molar-refractivity contribution in [1.29, 1.82) is 0 Å². The maximum absolute atomic E-state index is 4.20. The van der Waals surface area contributed by atoms with Gasteiger partial charge >= 0.3 is 0 Å². The van der Waals surface area contributed by atoms with Gasteiger partial charge in [0.25, 0.3) is 0 Å². The van der Waals surface area contributed by atoms with Crippen LogP contribution in [0.3, 0.4) is 0 Å². The monoisotopic (exact) mass is 182 g/mol. The largest absolute Gasteiger partial charge is 0.0996 e. The van der Waals surface area contributed by atoms with E-state index in [1.54, 1.807) is 0 Å². The molecule has 0 saturated carbocycles. The molecule has 0 rings (SSSR count). The van der Waals surface area contributed by atoms with Crippen molar-refractivity contribution in [3.63, 3.8) is 0 Å². The highest BCUT2D eigenvalue weighted by molar-refractivity contribution is 5.01. The molecule has 0 spiro atoms. The van der Waals surface area contributed by atoms with E-state index in [1.165, 1.54) is 12.0 Å². The van der Waals surface area contributed by atoms with E-state index in [2.05, 4.69) is 48.1 Å². The maximum Gasteiger partial charge on any atom is -0.0206 e. The Bertz CT molecular complexity index is 153. The smallest absolute Gasteiger partial charge is 0.0206 e. The van der Waals surface area contributed by atoms with Gasteiger partial charge in [0.05, 0.1) is 0 Å². The average Bonchev–Trinajstić information content (AvgIpc) is 2.00. The molecule has 0 nitrogen and oxygen atoms in total. The van der Waals surface area contributed by atoms with E-state index in [1.807, 2.05) is 0 Å². The predicted octanol–water partition coefficient (Wildman–Crippen LogP) is 4.52. The van der Waals surface area contributed by atoms with E-state index in [-0.39, 0.29) is 0 Å². The Hall–Kier alpha value is -0.260. The van der Waals surface area contributed by atoms with Crippen LogP contribution in [-0.4, -0.2) is 0 Å². The van der Waals surface area contributed by atoms with Crippen molar-refractivity contribution < 1.29 is 0 Å². The van der Waals surface area contributed by atoms with Crippen LogP contribution in [0, 0.1) is 23.7 Å². The predicted molar refractivity (Wildman–Crippen MR) is 61.8 cm³/mol. The maximum atomic E-state index is 4.20. The zero-order valence-electron chi connectivity index (χ0n) is 10.2. The lowest BCUT2D eigenvalue weighted by molar-refractivity contribution is 0.321. The number of rotatable bonds is 5. The van der Waals surface area contributed by atoms with Gasteiger partial charge in [-0.3, -0.25) is 0 Å². The first-order valence-electron chi connectivity index (χ1n) is 5.53. The SMILES string of the molecule is C=C(CC(C)C)C(C)C(C)C(C)C. The third-order valence-corrected chi connectivity index (χ3v) is 3.15. The van der Waals surface area contributed by atoms with E-state index < -0.39 is 0 Å². The van der Waals surface area contributed by atoms with Crippen LogP contribution in [0.25, 0.3) is 0 Å². The molecule has 2 unspecified atom stereocenters. The molecule has 0 aliphatic heterocycles. The summed E-state index contributed by atoms with van der Waals surface area (Å²) in [5.41, 5.74) is 1.43. The Kier molecular flexibility index (Phi) is 5.36. The van der Waals surface area contributed by atoms with E-state index in [0.29, 0.717) is 5.92 Å². The van der Waals surface area contributed by atoms with Gasteiger partial charge in [-0.15, -0.1) is 0 Å². The minimum absolute atomic E-state index is 0.669. The second kappa shape index (κ2) is 5.47. The van der Waals surface area contributed by atoms with Crippen LogP contribution in [0.5, 0.6) is 0 Å². The van der Waals surface area contributed by atoms with Crippen molar-refractivity contribution in [2.75, 3.05) is 0 Å². The molecule has 0 amide bonds. The molecule has 0 aliphatic rings. The minimum atomic E-state index is 0.669. The third-order valence-electron chi connectivity index (χ3n) is 3.15. The molecule has 0 aliphatic carbocycles. The summed E-state index contributed by atoms with van der Waals surface area (Å²) >= 11 is 0. The normalized spacial score (nSPS) is 16.3. The average molecular weight is 182 g/mol. The van der Waals surface area contributed by atoms with Crippen LogP contribution in [0.2, 0.25) is 0 Å².